The van der Waals surface area contributed by atoms with Crippen molar-refractivity contribution in [2.24, 2.45) is 0 Å². The standard InChI is InChI=1S/C15H19NO4S/c1-4-21(19,20)10-9-16-13(17)11-7-5-6-8-12(11)15(2,3)14(16)18/h5-8H,4,9-10H2,1-3H3. The minimum absolute atomic E-state index is 0.00318. The number of amides is 2. The van der Waals surface area contributed by atoms with E-state index in [1.165, 1.54) is 0 Å². The largest absolute Gasteiger partial charge is 0.277 e. The van der Waals surface area contributed by atoms with Gasteiger partial charge >= 0.3 is 0 Å². The summed E-state index contributed by atoms with van der Waals surface area (Å²) in [6, 6.07) is 6.97. The van der Waals surface area contributed by atoms with Gasteiger partial charge in [0.1, 0.15) is 0 Å². The van der Waals surface area contributed by atoms with Crippen molar-refractivity contribution in [2.45, 2.75) is 26.2 Å². The molecule has 0 bridgehead atoms. The second-order valence-corrected chi connectivity index (χ2v) is 8.14. The van der Waals surface area contributed by atoms with Gasteiger partial charge in [-0.2, -0.15) is 0 Å². The van der Waals surface area contributed by atoms with E-state index in [0.29, 0.717) is 11.1 Å². The lowest BCUT2D eigenvalue weighted by Gasteiger charge is -2.37. The second kappa shape index (κ2) is 5.26. The Hall–Kier alpha value is -1.69. The first-order valence-electron chi connectivity index (χ1n) is 6.87. The lowest BCUT2D eigenvalue weighted by atomic mass is 9.77. The third-order valence-corrected chi connectivity index (χ3v) is 5.61. The summed E-state index contributed by atoms with van der Waals surface area (Å²) in [5, 5.41) is 0. The van der Waals surface area contributed by atoms with Gasteiger partial charge in [-0.05, 0) is 25.5 Å². The van der Waals surface area contributed by atoms with Crippen molar-refractivity contribution >= 4 is 21.7 Å². The van der Waals surface area contributed by atoms with Crippen LogP contribution in [0.2, 0.25) is 0 Å². The third kappa shape index (κ3) is 2.72. The highest BCUT2D eigenvalue weighted by Gasteiger charge is 2.44. The predicted octanol–water partition coefficient (Wildman–Crippen LogP) is 1.38. The van der Waals surface area contributed by atoms with E-state index >= 15 is 0 Å². The van der Waals surface area contributed by atoms with Crippen molar-refractivity contribution in [3.63, 3.8) is 0 Å². The molecule has 1 heterocycles. The van der Waals surface area contributed by atoms with Gasteiger partial charge in [0.25, 0.3) is 5.91 Å². The molecule has 21 heavy (non-hydrogen) atoms. The zero-order valence-electron chi connectivity index (χ0n) is 12.4. The minimum atomic E-state index is -3.23. The summed E-state index contributed by atoms with van der Waals surface area (Å²) in [5.74, 6) is -0.957. The Morgan fingerprint density at radius 3 is 2.38 bits per heavy atom. The molecule has 1 aliphatic heterocycles. The number of hydrogen-bond donors (Lipinski definition) is 0. The number of rotatable bonds is 4. The van der Waals surface area contributed by atoms with Gasteiger partial charge < -0.3 is 0 Å². The molecule has 1 aliphatic rings. The fourth-order valence-corrected chi connectivity index (χ4v) is 3.23. The summed E-state index contributed by atoms with van der Waals surface area (Å²) in [5.41, 5.74) is 0.325. The van der Waals surface area contributed by atoms with Crippen LogP contribution in [0.5, 0.6) is 0 Å². The van der Waals surface area contributed by atoms with Gasteiger partial charge in [-0.1, -0.05) is 25.1 Å². The smallest absolute Gasteiger partial charge is 0.260 e. The van der Waals surface area contributed by atoms with Crippen molar-refractivity contribution in [3.8, 4) is 0 Å². The van der Waals surface area contributed by atoms with E-state index in [1.54, 1.807) is 45.0 Å². The van der Waals surface area contributed by atoms with Crippen LogP contribution >= 0.6 is 0 Å². The molecular formula is C15H19NO4S. The number of imide groups is 1. The fourth-order valence-electron chi connectivity index (χ4n) is 2.48. The third-order valence-electron chi connectivity index (χ3n) is 3.92. The minimum Gasteiger partial charge on any atom is -0.277 e. The summed E-state index contributed by atoms with van der Waals surface area (Å²) >= 11 is 0. The van der Waals surface area contributed by atoms with Crippen LogP contribution < -0.4 is 0 Å². The van der Waals surface area contributed by atoms with Crippen molar-refractivity contribution in [1.29, 1.82) is 0 Å². The Labute approximate surface area is 124 Å². The molecule has 1 aromatic rings. The summed E-state index contributed by atoms with van der Waals surface area (Å²) in [6.45, 7) is 4.96. The first-order chi connectivity index (χ1) is 9.70. The van der Waals surface area contributed by atoms with Gasteiger partial charge in [0.2, 0.25) is 5.91 Å². The van der Waals surface area contributed by atoms with Gasteiger partial charge in [-0.3, -0.25) is 14.5 Å². The van der Waals surface area contributed by atoms with Gasteiger partial charge in [-0.15, -0.1) is 0 Å². The molecule has 0 saturated heterocycles. The van der Waals surface area contributed by atoms with E-state index in [2.05, 4.69) is 0 Å². The van der Waals surface area contributed by atoms with Crippen molar-refractivity contribution in [1.82, 2.24) is 4.90 Å². The summed E-state index contributed by atoms with van der Waals surface area (Å²) in [6.07, 6.45) is 0. The lowest BCUT2D eigenvalue weighted by molar-refractivity contribution is -0.134. The average molecular weight is 309 g/mol. The SMILES string of the molecule is CCS(=O)(=O)CCN1C(=O)c2ccccc2C(C)(C)C1=O. The number of benzene rings is 1. The monoisotopic (exact) mass is 309 g/mol. The molecule has 2 amide bonds. The lowest BCUT2D eigenvalue weighted by Crippen LogP contribution is -2.53. The van der Waals surface area contributed by atoms with E-state index in [9.17, 15) is 18.0 Å². The summed E-state index contributed by atoms with van der Waals surface area (Å²) < 4.78 is 23.2. The summed E-state index contributed by atoms with van der Waals surface area (Å²) in [4.78, 5) is 26.0. The molecular weight excluding hydrogens is 290 g/mol. The number of carbonyl (C=O) groups excluding carboxylic acids is 2. The van der Waals surface area contributed by atoms with Crippen LogP contribution in [-0.4, -0.2) is 43.2 Å². The van der Waals surface area contributed by atoms with Crippen LogP contribution in [0.25, 0.3) is 0 Å². The van der Waals surface area contributed by atoms with Crippen LogP contribution in [-0.2, 0) is 20.0 Å². The molecule has 5 nitrogen and oxygen atoms in total. The van der Waals surface area contributed by atoms with Crippen LogP contribution in [0.4, 0.5) is 0 Å². The van der Waals surface area contributed by atoms with Gasteiger partial charge in [0, 0.05) is 17.9 Å². The Morgan fingerprint density at radius 2 is 1.76 bits per heavy atom. The molecule has 0 spiro atoms. The maximum Gasteiger partial charge on any atom is 0.260 e. The second-order valence-electron chi connectivity index (χ2n) is 5.67. The summed E-state index contributed by atoms with van der Waals surface area (Å²) in [7, 11) is -3.23. The first kappa shape index (κ1) is 15.7. The normalized spacial score (nSPS) is 17.8. The molecule has 1 aromatic carbocycles. The predicted molar refractivity (Wildman–Crippen MR) is 79.8 cm³/mol. The maximum atomic E-state index is 12.5. The van der Waals surface area contributed by atoms with E-state index in [1.807, 2.05) is 0 Å². The van der Waals surface area contributed by atoms with Crippen molar-refractivity contribution < 1.29 is 18.0 Å². The van der Waals surface area contributed by atoms with Crippen LogP contribution in [0.3, 0.4) is 0 Å². The number of carbonyl (C=O) groups is 2. The Morgan fingerprint density at radius 1 is 1.14 bits per heavy atom. The van der Waals surface area contributed by atoms with E-state index in [0.717, 1.165) is 4.90 Å². The Kier molecular flexibility index (Phi) is 3.93. The maximum absolute atomic E-state index is 12.5. The molecule has 0 aromatic heterocycles. The molecule has 0 fully saturated rings. The highest BCUT2D eigenvalue weighted by molar-refractivity contribution is 7.91. The zero-order chi connectivity index (χ0) is 15.8. The van der Waals surface area contributed by atoms with E-state index in [4.69, 9.17) is 0 Å². The molecule has 0 saturated carbocycles. The topological polar surface area (TPSA) is 71.5 Å². The number of hydrogen-bond acceptors (Lipinski definition) is 4. The highest BCUT2D eigenvalue weighted by Crippen LogP contribution is 2.34. The van der Waals surface area contributed by atoms with Gasteiger partial charge in [0.05, 0.1) is 11.2 Å². The van der Waals surface area contributed by atoms with Crippen molar-refractivity contribution in [3.05, 3.63) is 35.4 Å². The molecule has 0 aliphatic carbocycles. The molecule has 114 valence electrons. The number of fused-ring (bicyclic) bond motifs is 1. The zero-order valence-corrected chi connectivity index (χ0v) is 13.2. The van der Waals surface area contributed by atoms with E-state index < -0.39 is 21.2 Å². The fraction of sp³-hybridized carbons (Fsp3) is 0.467. The van der Waals surface area contributed by atoms with E-state index in [-0.39, 0.29) is 24.0 Å². The highest BCUT2D eigenvalue weighted by atomic mass is 32.2. The molecule has 0 radical (unpaired) electrons. The Balaban J connectivity index is 2.38. The molecule has 0 atom stereocenters. The Bertz CT molecular complexity index is 691. The van der Waals surface area contributed by atoms with Crippen LogP contribution in [0, 0.1) is 0 Å². The molecule has 0 unspecified atom stereocenters. The number of nitrogens with zero attached hydrogens (tertiary/aromatic N) is 1. The quantitative estimate of drug-likeness (QED) is 0.788. The first-order valence-corrected chi connectivity index (χ1v) is 8.69. The van der Waals surface area contributed by atoms with Gasteiger partial charge in [0.15, 0.2) is 9.84 Å². The molecule has 6 heteroatoms. The average Bonchev–Trinajstić information content (AvgIpc) is 2.45. The van der Waals surface area contributed by atoms with Crippen molar-refractivity contribution in [2.75, 3.05) is 18.1 Å². The van der Waals surface area contributed by atoms with Crippen LogP contribution in [0.1, 0.15) is 36.7 Å². The molecule has 2 rings (SSSR count). The van der Waals surface area contributed by atoms with Crippen LogP contribution in [0.15, 0.2) is 24.3 Å². The van der Waals surface area contributed by atoms with Gasteiger partial charge in [-0.25, -0.2) is 8.42 Å². The number of sulfone groups is 1. The molecule has 0 N–H and O–H groups in total.